The summed E-state index contributed by atoms with van der Waals surface area (Å²) >= 11 is 0. The molecule has 0 atom stereocenters. The minimum Gasteiger partial charge on any atom is -0.396 e. The molecule has 0 radical (unpaired) electrons. The van der Waals surface area contributed by atoms with Crippen molar-refractivity contribution in [1.29, 1.82) is 0 Å². The van der Waals surface area contributed by atoms with E-state index >= 15 is 0 Å². The third kappa shape index (κ3) is 4.11. The monoisotopic (exact) mass is 238 g/mol. The lowest BCUT2D eigenvalue weighted by molar-refractivity contribution is 0.204. The number of ether oxygens (including phenoxy) is 1. The first-order valence-corrected chi connectivity index (χ1v) is 5.80. The number of anilines is 3. The van der Waals surface area contributed by atoms with Crippen molar-refractivity contribution >= 4 is 17.3 Å². The number of rotatable bonds is 6. The fraction of sp³-hybridized carbons (Fsp3) is 0.583. The smallest absolute Gasteiger partial charge is 0.149 e. The number of nitrogens with two attached hydrogens (primary N) is 2. The molecule has 0 saturated heterocycles. The van der Waals surface area contributed by atoms with Crippen molar-refractivity contribution in [2.45, 2.75) is 13.8 Å². The highest BCUT2D eigenvalue weighted by atomic mass is 16.5. The van der Waals surface area contributed by atoms with Crippen molar-refractivity contribution in [3.63, 3.8) is 0 Å². The van der Waals surface area contributed by atoms with Crippen molar-refractivity contribution in [3.8, 4) is 0 Å². The van der Waals surface area contributed by atoms with E-state index in [0.717, 1.165) is 18.9 Å². The van der Waals surface area contributed by atoms with Crippen molar-refractivity contribution in [2.75, 3.05) is 43.2 Å². The van der Waals surface area contributed by atoms with Gasteiger partial charge in [0.15, 0.2) is 0 Å². The molecule has 5 nitrogen and oxygen atoms in total. The molecule has 1 aromatic rings. The Morgan fingerprint density at radius 3 is 2.59 bits per heavy atom. The van der Waals surface area contributed by atoms with Gasteiger partial charge in [0.25, 0.3) is 0 Å². The van der Waals surface area contributed by atoms with Gasteiger partial charge < -0.3 is 21.1 Å². The predicted octanol–water partition coefficient (Wildman–Crippen LogP) is 1.35. The lowest BCUT2D eigenvalue weighted by Crippen LogP contribution is -2.31. The third-order valence-electron chi connectivity index (χ3n) is 2.42. The molecule has 5 heteroatoms. The summed E-state index contributed by atoms with van der Waals surface area (Å²) in [7, 11) is 1.69. The zero-order chi connectivity index (χ0) is 12.8. The van der Waals surface area contributed by atoms with E-state index in [0.29, 0.717) is 24.0 Å². The Balaban J connectivity index is 2.83. The number of hydrogen-bond donors (Lipinski definition) is 2. The Morgan fingerprint density at radius 1 is 1.35 bits per heavy atom. The number of nitrogens with zero attached hydrogens (tertiary/aromatic N) is 2. The molecule has 1 aromatic heterocycles. The molecule has 0 bridgehead atoms. The molecule has 17 heavy (non-hydrogen) atoms. The molecule has 0 fully saturated rings. The molecule has 4 N–H and O–H groups in total. The van der Waals surface area contributed by atoms with Crippen LogP contribution >= 0.6 is 0 Å². The minimum absolute atomic E-state index is 0.383. The van der Waals surface area contributed by atoms with E-state index in [2.05, 4.69) is 23.7 Å². The van der Waals surface area contributed by atoms with E-state index in [4.69, 9.17) is 16.2 Å². The van der Waals surface area contributed by atoms with Crippen LogP contribution in [0.2, 0.25) is 0 Å². The van der Waals surface area contributed by atoms with E-state index in [-0.39, 0.29) is 0 Å². The number of nitrogen functional groups attached to an aromatic ring is 2. The number of methoxy groups -OCH3 is 1. The Labute approximate surface area is 103 Å². The van der Waals surface area contributed by atoms with E-state index in [1.807, 2.05) is 6.07 Å². The van der Waals surface area contributed by atoms with Gasteiger partial charge in [-0.05, 0) is 18.1 Å². The van der Waals surface area contributed by atoms with Crippen molar-refractivity contribution < 1.29 is 4.74 Å². The molecular weight excluding hydrogens is 216 g/mol. The molecular formula is C12H22N4O. The van der Waals surface area contributed by atoms with E-state index < -0.39 is 0 Å². The Hall–Kier alpha value is -1.49. The van der Waals surface area contributed by atoms with Crippen LogP contribution in [0.5, 0.6) is 0 Å². The van der Waals surface area contributed by atoms with E-state index in [1.165, 1.54) is 0 Å². The van der Waals surface area contributed by atoms with Crippen LogP contribution < -0.4 is 16.4 Å². The second-order valence-corrected chi connectivity index (χ2v) is 4.48. The highest BCUT2D eigenvalue weighted by molar-refractivity contribution is 5.62. The van der Waals surface area contributed by atoms with Gasteiger partial charge >= 0.3 is 0 Å². The van der Waals surface area contributed by atoms with Crippen LogP contribution in [0.4, 0.5) is 17.3 Å². The zero-order valence-electron chi connectivity index (χ0n) is 10.8. The fourth-order valence-electron chi connectivity index (χ4n) is 1.59. The Bertz CT molecular complexity index is 354. The Kier molecular flexibility index (Phi) is 5.03. The molecule has 1 heterocycles. The predicted molar refractivity (Wildman–Crippen MR) is 72.0 cm³/mol. The third-order valence-corrected chi connectivity index (χ3v) is 2.42. The Morgan fingerprint density at radius 2 is 2.06 bits per heavy atom. The maximum absolute atomic E-state index is 5.72. The molecule has 0 spiro atoms. The van der Waals surface area contributed by atoms with Gasteiger partial charge in [-0.2, -0.15) is 0 Å². The molecule has 1 rings (SSSR count). The van der Waals surface area contributed by atoms with Crippen LogP contribution in [0.15, 0.2) is 12.1 Å². The number of aromatic nitrogens is 1. The summed E-state index contributed by atoms with van der Waals surface area (Å²) in [6.07, 6.45) is 0. The average molecular weight is 238 g/mol. The highest BCUT2D eigenvalue weighted by Gasteiger charge is 2.10. The lowest BCUT2D eigenvalue weighted by atomic mass is 10.2. The lowest BCUT2D eigenvalue weighted by Gasteiger charge is -2.25. The highest BCUT2D eigenvalue weighted by Crippen LogP contribution is 2.19. The van der Waals surface area contributed by atoms with Crippen LogP contribution in [0, 0.1) is 5.92 Å². The molecule has 96 valence electrons. The first-order valence-electron chi connectivity index (χ1n) is 5.80. The summed E-state index contributed by atoms with van der Waals surface area (Å²) in [6, 6.07) is 3.68. The van der Waals surface area contributed by atoms with Gasteiger partial charge in [-0.25, -0.2) is 4.98 Å². The summed E-state index contributed by atoms with van der Waals surface area (Å²) in [5.41, 5.74) is 11.9. The van der Waals surface area contributed by atoms with E-state index in [1.54, 1.807) is 13.2 Å². The quantitative estimate of drug-likeness (QED) is 0.782. The fourth-order valence-corrected chi connectivity index (χ4v) is 1.59. The summed E-state index contributed by atoms with van der Waals surface area (Å²) in [5.74, 6) is 1.78. The van der Waals surface area contributed by atoms with Gasteiger partial charge in [0.2, 0.25) is 0 Å². The van der Waals surface area contributed by atoms with Gasteiger partial charge in [-0.1, -0.05) is 13.8 Å². The maximum Gasteiger partial charge on any atom is 0.149 e. The van der Waals surface area contributed by atoms with Crippen molar-refractivity contribution in [2.24, 2.45) is 5.92 Å². The van der Waals surface area contributed by atoms with Gasteiger partial charge in [-0.15, -0.1) is 0 Å². The number of pyridine rings is 1. The number of hydrogen-bond acceptors (Lipinski definition) is 5. The van der Waals surface area contributed by atoms with E-state index in [9.17, 15) is 0 Å². The molecule has 0 aliphatic rings. The largest absolute Gasteiger partial charge is 0.396 e. The van der Waals surface area contributed by atoms with Crippen molar-refractivity contribution in [3.05, 3.63) is 12.1 Å². The molecule has 0 aliphatic heterocycles. The van der Waals surface area contributed by atoms with Crippen LogP contribution in [0.3, 0.4) is 0 Å². The normalized spacial score (nSPS) is 10.8. The summed E-state index contributed by atoms with van der Waals surface area (Å²) in [6.45, 7) is 6.71. The summed E-state index contributed by atoms with van der Waals surface area (Å²) in [5, 5.41) is 0. The molecule has 0 aromatic carbocycles. The van der Waals surface area contributed by atoms with Gasteiger partial charge in [0.1, 0.15) is 11.6 Å². The zero-order valence-corrected chi connectivity index (χ0v) is 10.8. The summed E-state index contributed by atoms with van der Waals surface area (Å²) < 4.78 is 5.10. The standard InChI is InChI=1S/C12H22N4O/c1-9(2)8-16(6-7-17-3)11-5-4-10(13)12(14)15-11/h4-5,9H,6-8,13H2,1-3H3,(H2,14,15). The first kappa shape index (κ1) is 13.6. The SMILES string of the molecule is COCCN(CC(C)C)c1ccc(N)c(N)n1. The topological polar surface area (TPSA) is 77.4 Å². The van der Waals surface area contributed by atoms with Gasteiger partial charge in [0.05, 0.1) is 12.3 Å². The maximum atomic E-state index is 5.72. The molecule has 0 amide bonds. The molecule has 0 aliphatic carbocycles. The van der Waals surface area contributed by atoms with Crippen LogP contribution in [-0.4, -0.2) is 31.8 Å². The van der Waals surface area contributed by atoms with Gasteiger partial charge in [-0.3, -0.25) is 0 Å². The van der Waals surface area contributed by atoms with Gasteiger partial charge in [0, 0.05) is 20.2 Å². The average Bonchev–Trinajstić information content (AvgIpc) is 2.27. The second kappa shape index (κ2) is 6.30. The molecule has 0 unspecified atom stereocenters. The minimum atomic E-state index is 0.383. The molecule has 0 saturated carbocycles. The summed E-state index contributed by atoms with van der Waals surface area (Å²) in [4.78, 5) is 6.46. The first-order chi connectivity index (χ1) is 8.04. The van der Waals surface area contributed by atoms with Crippen molar-refractivity contribution in [1.82, 2.24) is 4.98 Å². The van der Waals surface area contributed by atoms with Crippen LogP contribution in [-0.2, 0) is 4.74 Å². The second-order valence-electron chi connectivity index (χ2n) is 4.48. The van der Waals surface area contributed by atoms with Crippen LogP contribution in [0.1, 0.15) is 13.8 Å². The van der Waals surface area contributed by atoms with Crippen LogP contribution in [0.25, 0.3) is 0 Å².